The molecule has 0 radical (unpaired) electrons. The molecule has 1 saturated carbocycles. The number of aromatic amines is 1. The normalized spacial score (nSPS) is 14.8. The number of H-pyrrole nitrogens is 1. The maximum atomic E-state index is 11.6. The van der Waals surface area contributed by atoms with E-state index in [0.29, 0.717) is 38.0 Å². The highest BCUT2D eigenvalue weighted by Crippen LogP contribution is 2.37. The fourth-order valence-electron chi connectivity index (χ4n) is 1.87. The number of methoxy groups -OCH3 is 1. The molecule has 3 N–H and O–H groups in total. The average Bonchev–Trinajstić information content (AvgIpc) is 3.17. The van der Waals surface area contributed by atoms with Crippen LogP contribution < -0.4 is 16.2 Å². The highest BCUT2D eigenvalue weighted by Gasteiger charge is 2.26. The lowest BCUT2D eigenvalue weighted by molar-refractivity contribution is 0.205. The maximum absolute atomic E-state index is 11.6. The van der Waals surface area contributed by atoms with Crippen molar-refractivity contribution < 1.29 is 4.74 Å². The summed E-state index contributed by atoms with van der Waals surface area (Å²) in [4.78, 5) is 21.0. The first-order valence-electron chi connectivity index (χ1n) is 6.30. The molecule has 0 saturated heterocycles. The van der Waals surface area contributed by atoms with Gasteiger partial charge in [0.15, 0.2) is 0 Å². The number of aromatic nitrogens is 2. The highest BCUT2D eigenvalue weighted by atomic mass is 16.5. The molecule has 0 bridgehead atoms. The van der Waals surface area contributed by atoms with Crippen molar-refractivity contribution in [2.45, 2.75) is 18.8 Å². The molecule has 100 valence electrons. The van der Waals surface area contributed by atoms with Gasteiger partial charge in [0.25, 0.3) is 5.56 Å². The lowest BCUT2D eigenvalue weighted by Gasteiger charge is -2.22. The summed E-state index contributed by atoms with van der Waals surface area (Å²) in [6, 6.07) is 1.52. The number of nitrogens with zero attached hydrogens (tertiary/aromatic N) is 2. The molecule has 6 nitrogen and oxygen atoms in total. The van der Waals surface area contributed by atoms with Crippen molar-refractivity contribution in [2.24, 2.45) is 5.73 Å². The predicted octanol–water partition coefficient (Wildman–Crippen LogP) is 0.0588. The molecular weight excluding hydrogens is 232 g/mol. The van der Waals surface area contributed by atoms with Gasteiger partial charge in [-0.2, -0.15) is 0 Å². The third-order valence-electron chi connectivity index (χ3n) is 3.00. The van der Waals surface area contributed by atoms with E-state index in [2.05, 4.69) is 9.97 Å². The standard InChI is InChI=1S/C12H20N4O2/c1-18-7-6-16(5-4-13)10-8-11(17)15-12(14-10)9-2-3-9/h8-9H,2-7,13H2,1H3,(H,14,15,17). The largest absolute Gasteiger partial charge is 0.383 e. The van der Waals surface area contributed by atoms with Gasteiger partial charge >= 0.3 is 0 Å². The van der Waals surface area contributed by atoms with Crippen LogP contribution in [0.4, 0.5) is 5.82 Å². The fraction of sp³-hybridized carbons (Fsp3) is 0.667. The first kappa shape index (κ1) is 13.0. The SMILES string of the molecule is COCCN(CCN)c1cc(=O)[nH]c(C2CC2)n1. The first-order valence-corrected chi connectivity index (χ1v) is 6.30. The topological polar surface area (TPSA) is 84.2 Å². The van der Waals surface area contributed by atoms with E-state index in [0.717, 1.165) is 18.7 Å². The summed E-state index contributed by atoms with van der Waals surface area (Å²) in [6.07, 6.45) is 2.22. The summed E-state index contributed by atoms with van der Waals surface area (Å²) < 4.78 is 5.06. The molecule has 0 spiro atoms. The van der Waals surface area contributed by atoms with Crippen molar-refractivity contribution in [2.75, 3.05) is 38.3 Å². The zero-order chi connectivity index (χ0) is 13.0. The molecule has 1 fully saturated rings. The minimum atomic E-state index is -0.0960. The van der Waals surface area contributed by atoms with E-state index in [9.17, 15) is 4.79 Å². The molecule has 1 heterocycles. The maximum Gasteiger partial charge on any atom is 0.252 e. The Kier molecular flexibility index (Phi) is 4.33. The van der Waals surface area contributed by atoms with E-state index >= 15 is 0 Å². The molecule has 1 aromatic rings. The van der Waals surface area contributed by atoms with Crippen LogP contribution in [0, 0.1) is 0 Å². The zero-order valence-electron chi connectivity index (χ0n) is 10.7. The molecule has 2 rings (SSSR count). The second kappa shape index (κ2) is 5.97. The van der Waals surface area contributed by atoms with Crippen LogP contribution >= 0.6 is 0 Å². The van der Waals surface area contributed by atoms with Crippen LogP contribution in [0.25, 0.3) is 0 Å². The van der Waals surface area contributed by atoms with Crippen LogP contribution in [-0.2, 0) is 4.74 Å². The van der Waals surface area contributed by atoms with Gasteiger partial charge in [0.1, 0.15) is 11.6 Å². The Balaban J connectivity index is 2.19. The third kappa shape index (κ3) is 3.30. The van der Waals surface area contributed by atoms with Crippen LogP contribution in [0.3, 0.4) is 0 Å². The van der Waals surface area contributed by atoms with Gasteiger partial charge in [-0.1, -0.05) is 0 Å². The van der Waals surface area contributed by atoms with Crippen molar-refractivity contribution in [3.8, 4) is 0 Å². The minimum absolute atomic E-state index is 0.0960. The summed E-state index contributed by atoms with van der Waals surface area (Å²) in [7, 11) is 1.65. The van der Waals surface area contributed by atoms with Gasteiger partial charge < -0.3 is 20.4 Å². The average molecular weight is 252 g/mol. The van der Waals surface area contributed by atoms with Gasteiger partial charge in [0.2, 0.25) is 0 Å². The Bertz CT molecular complexity index is 442. The molecule has 1 aliphatic rings. The van der Waals surface area contributed by atoms with Crippen LogP contribution in [0.2, 0.25) is 0 Å². The predicted molar refractivity (Wildman–Crippen MR) is 70.0 cm³/mol. The first-order chi connectivity index (χ1) is 8.74. The number of hydrogen-bond donors (Lipinski definition) is 2. The van der Waals surface area contributed by atoms with Gasteiger partial charge in [-0.25, -0.2) is 4.98 Å². The Morgan fingerprint density at radius 1 is 1.56 bits per heavy atom. The molecule has 0 atom stereocenters. The summed E-state index contributed by atoms with van der Waals surface area (Å²) >= 11 is 0. The van der Waals surface area contributed by atoms with E-state index in [-0.39, 0.29) is 5.56 Å². The number of nitrogens with two attached hydrogens (primary N) is 1. The molecule has 1 aromatic heterocycles. The van der Waals surface area contributed by atoms with E-state index < -0.39 is 0 Å². The number of nitrogens with one attached hydrogen (secondary N) is 1. The summed E-state index contributed by atoms with van der Waals surface area (Å²) in [5.41, 5.74) is 5.49. The van der Waals surface area contributed by atoms with Gasteiger partial charge in [-0.05, 0) is 12.8 Å². The molecule has 6 heteroatoms. The van der Waals surface area contributed by atoms with E-state index in [4.69, 9.17) is 10.5 Å². The van der Waals surface area contributed by atoms with Crippen molar-refractivity contribution in [3.05, 3.63) is 22.2 Å². The van der Waals surface area contributed by atoms with Crippen molar-refractivity contribution in [1.82, 2.24) is 9.97 Å². The van der Waals surface area contributed by atoms with Crippen LogP contribution in [-0.4, -0.2) is 43.3 Å². The summed E-state index contributed by atoms with van der Waals surface area (Å²) in [6.45, 7) is 2.47. The Labute approximate surface area is 106 Å². The van der Waals surface area contributed by atoms with Gasteiger partial charge in [-0.3, -0.25) is 4.79 Å². The fourth-order valence-corrected chi connectivity index (χ4v) is 1.87. The lowest BCUT2D eigenvalue weighted by Crippen LogP contribution is -2.34. The number of rotatable bonds is 7. The van der Waals surface area contributed by atoms with Crippen LogP contribution in [0.5, 0.6) is 0 Å². The van der Waals surface area contributed by atoms with Gasteiger partial charge in [-0.15, -0.1) is 0 Å². The zero-order valence-corrected chi connectivity index (χ0v) is 10.7. The third-order valence-corrected chi connectivity index (χ3v) is 3.00. The molecule has 0 aliphatic heterocycles. The lowest BCUT2D eigenvalue weighted by atomic mass is 10.3. The monoisotopic (exact) mass is 252 g/mol. The van der Waals surface area contributed by atoms with Crippen LogP contribution in [0.15, 0.2) is 10.9 Å². The molecule has 0 unspecified atom stereocenters. The Hall–Kier alpha value is -1.40. The minimum Gasteiger partial charge on any atom is -0.383 e. The quantitative estimate of drug-likeness (QED) is 0.717. The second-order valence-corrected chi connectivity index (χ2v) is 4.53. The van der Waals surface area contributed by atoms with Crippen molar-refractivity contribution >= 4 is 5.82 Å². The van der Waals surface area contributed by atoms with E-state index in [1.165, 1.54) is 6.07 Å². The molecule has 1 aliphatic carbocycles. The Morgan fingerprint density at radius 2 is 2.33 bits per heavy atom. The summed E-state index contributed by atoms with van der Waals surface area (Å²) in [5, 5.41) is 0. The number of ether oxygens (including phenoxy) is 1. The second-order valence-electron chi connectivity index (χ2n) is 4.53. The number of anilines is 1. The Morgan fingerprint density at radius 3 is 2.94 bits per heavy atom. The molecular formula is C12H20N4O2. The molecule has 0 aromatic carbocycles. The molecule has 18 heavy (non-hydrogen) atoms. The smallest absolute Gasteiger partial charge is 0.252 e. The van der Waals surface area contributed by atoms with E-state index in [1.54, 1.807) is 7.11 Å². The van der Waals surface area contributed by atoms with Crippen LogP contribution in [0.1, 0.15) is 24.6 Å². The van der Waals surface area contributed by atoms with Crippen molar-refractivity contribution in [3.63, 3.8) is 0 Å². The van der Waals surface area contributed by atoms with Gasteiger partial charge in [0.05, 0.1) is 6.61 Å². The highest BCUT2D eigenvalue weighted by molar-refractivity contribution is 5.38. The summed E-state index contributed by atoms with van der Waals surface area (Å²) in [5.74, 6) is 1.93. The van der Waals surface area contributed by atoms with Gasteiger partial charge in [0, 0.05) is 38.7 Å². The van der Waals surface area contributed by atoms with Crippen molar-refractivity contribution in [1.29, 1.82) is 0 Å². The molecule has 0 amide bonds. The number of hydrogen-bond acceptors (Lipinski definition) is 5. The van der Waals surface area contributed by atoms with E-state index in [1.807, 2.05) is 4.90 Å².